The topological polar surface area (TPSA) is 231 Å². The number of allylic oxidation sites excluding steroid dienone is 4. The minimum atomic E-state index is -1.76. The second-order valence-corrected chi connectivity index (χ2v) is 14.1. The molecule has 0 aromatic carbocycles. The summed E-state index contributed by atoms with van der Waals surface area (Å²) in [4.78, 5) is 24.9. The van der Waals surface area contributed by atoms with Crippen molar-refractivity contribution in [2.75, 3.05) is 26.4 Å². The average molecular weight is 777 g/mol. The predicted octanol–water partition coefficient (Wildman–Crippen LogP) is 2.48. The van der Waals surface area contributed by atoms with E-state index in [0.717, 1.165) is 51.4 Å². The number of hydrogen-bond acceptors (Lipinski definition) is 15. The molecule has 0 bridgehead atoms. The fourth-order valence-corrected chi connectivity index (χ4v) is 5.99. The van der Waals surface area contributed by atoms with E-state index in [0.29, 0.717) is 12.8 Å². The molecule has 0 aromatic heterocycles. The number of esters is 2. The molecule has 15 nitrogen and oxygen atoms in total. The first-order valence-corrected chi connectivity index (χ1v) is 19.9. The lowest BCUT2D eigenvalue weighted by Gasteiger charge is -2.42. The van der Waals surface area contributed by atoms with Crippen molar-refractivity contribution in [3.63, 3.8) is 0 Å². The van der Waals surface area contributed by atoms with Crippen molar-refractivity contribution in [1.82, 2.24) is 0 Å². The molecule has 2 rings (SSSR count). The highest BCUT2D eigenvalue weighted by Gasteiger charge is 2.47. The Morgan fingerprint density at radius 3 is 1.76 bits per heavy atom. The summed E-state index contributed by atoms with van der Waals surface area (Å²) in [6, 6.07) is 0. The van der Waals surface area contributed by atoms with Crippen molar-refractivity contribution < 1.29 is 73.8 Å². The van der Waals surface area contributed by atoms with Crippen LogP contribution in [0.5, 0.6) is 0 Å². The van der Waals surface area contributed by atoms with Gasteiger partial charge in [0.25, 0.3) is 0 Å². The van der Waals surface area contributed by atoms with E-state index in [1.165, 1.54) is 25.7 Å². The summed E-state index contributed by atoms with van der Waals surface area (Å²) in [5.74, 6) is -0.985. The van der Waals surface area contributed by atoms with Crippen LogP contribution in [0.3, 0.4) is 0 Å². The zero-order valence-corrected chi connectivity index (χ0v) is 32.2. The zero-order chi connectivity index (χ0) is 39.7. The van der Waals surface area contributed by atoms with Crippen LogP contribution in [0.15, 0.2) is 24.3 Å². The highest BCUT2D eigenvalue weighted by molar-refractivity contribution is 5.70. The Balaban J connectivity index is 1.80. The van der Waals surface area contributed by atoms with Crippen LogP contribution in [0.1, 0.15) is 117 Å². The Kier molecular flexibility index (Phi) is 25.3. The first-order chi connectivity index (χ1) is 26.0. The van der Waals surface area contributed by atoms with E-state index in [9.17, 15) is 45.3 Å². The number of aliphatic hydroxyl groups excluding tert-OH is 7. The molecule has 11 atom stereocenters. The fourth-order valence-electron chi connectivity index (χ4n) is 5.99. The number of rotatable bonds is 28. The Morgan fingerprint density at radius 2 is 1.13 bits per heavy atom. The van der Waals surface area contributed by atoms with Gasteiger partial charge >= 0.3 is 11.9 Å². The molecular weight excluding hydrogens is 708 g/mol. The summed E-state index contributed by atoms with van der Waals surface area (Å²) < 4.78 is 32.9. The minimum absolute atomic E-state index is 0.149. The Bertz CT molecular complexity index is 1060. The first-order valence-electron chi connectivity index (χ1n) is 19.9. The van der Waals surface area contributed by atoms with Crippen molar-refractivity contribution in [2.45, 2.75) is 184 Å². The highest BCUT2D eigenvalue weighted by atomic mass is 16.7. The van der Waals surface area contributed by atoms with Gasteiger partial charge in [-0.15, -0.1) is 0 Å². The number of aliphatic hydroxyl groups is 7. The van der Waals surface area contributed by atoms with Gasteiger partial charge in [0.15, 0.2) is 18.7 Å². The first kappa shape index (κ1) is 48.1. The molecule has 7 N–H and O–H groups in total. The average Bonchev–Trinajstić information content (AvgIpc) is 3.16. The van der Waals surface area contributed by atoms with Crippen LogP contribution < -0.4 is 0 Å². The lowest BCUT2D eigenvalue weighted by molar-refractivity contribution is -0.332. The van der Waals surface area contributed by atoms with Gasteiger partial charge in [-0.3, -0.25) is 9.59 Å². The number of ether oxygens (including phenoxy) is 6. The van der Waals surface area contributed by atoms with E-state index in [1.54, 1.807) is 0 Å². The van der Waals surface area contributed by atoms with Gasteiger partial charge in [0, 0.05) is 12.8 Å². The van der Waals surface area contributed by atoms with Crippen LogP contribution in [-0.2, 0) is 38.0 Å². The summed E-state index contributed by atoms with van der Waals surface area (Å²) in [6.07, 6.45) is 6.59. The van der Waals surface area contributed by atoms with E-state index in [2.05, 4.69) is 31.2 Å². The van der Waals surface area contributed by atoms with Crippen molar-refractivity contribution in [3.05, 3.63) is 24.3 Å². The smallest absolute Gasteiger partial charge is 0.306 e. The van der Waals surface area contributed by atoms with E-state index in [4.69, 9.17) is 28.4 Å². The van der Waals surface area contributed by atoms with Gasteiger partial charge in [-0.05, 0) is 44.9 Å². The molecule has 11 unspecified atom stereocenters. The Morgan fingerprint density at radius 1 is 0.593 bits per heavy atom. The number of hydrogen-bond donors (Lipinski definition) is 7. The molecule has 0 aromatic rings. The van der Waals surface area contributed by atoms with Crippen LogP contribution in [0.4, 0.5) is 0 Å². The maximum Gasteiger partial charge on any atom is 0.306 e. The van der Waals surface area contributed by atoms with Gasteiger partial charge in [-0.2, -0.15) is 0 Å². The normalized spacial score (nSPS) is 29.5. The molecule has 0 saturated carbocycles. The standard InChI is InChI=1S/C39H68O15/c1-3-5-7-8-9-10-11-12-13-14-15-16-17-18-19-20-22-31(42)52-27(24-49-30(41)21-6-4-2)25-50-38-37(48)35(46)33(44)29(54-38)26-51-39-36(47)34(45)32(43)28(23-40)53-39/h10-11,13-14,27-29,32-40,43-48H,3-9,12,15-26H2,1-2H3/b11-10-,14-13-. The van der Waals surface area contributed by atoms with Gasteiger partial charge in [0.1, 0.15) is 55.4 Å². The zero-order valence-electron chi connectivity index (χ0n) is 32.2. The van der Waals surface area contributed by atoms with Crippen LogP contribution in [0.25, 0.3) is 0 Å². The summed E-state index contributed by atoms with van der Waals surface area (Å²) in [7, 11) is 0. The fraction of sp³-hybridized carbons (Fsp3) is 0.846. The van der Waals surface area contributed by atoms with Crippen LogP contribution in [-0.4, -0.2) is 142 Å². The van der Waals surface area contributed by atoms with Gasteiger partial charge < -0.3 is 64.2 Å². The van der Waals surface area contributed by atoms with Crippen molar-refractivity contribution >= 4 is 11.9 Å². The maximum atomic E-state index is 12.7. The van der Waals surface area contributed by atoms with Gasteiger partial charge in [-0.1, -0.05) is 83.1 Å². The second kappa shape index (κ2) is 28.4. The third-order valence-corrected chi connectivity index (χ3v) is 9.43. The van der Waals surface area contributed by atoms with E-state index >= 15 is 0 Å². The van der Waals surface area contributed by atoms with Crippen molar-refractivity contribution in [1.29, 1.82) is 0 Å². The summed E-state index contributed by atoms with van der Waals surface area (Å²) in [5.41, 5.74) is 0. The SMILES string of the molecule is CCCCCC/C=C\C/C=C\CCCCCCCC(=O)OC(COC(=O)CCCC)COC1OC(COC2OC(CO)C(O)C(O)C2O)C(O)C(O)C1O. The van der Waals surface area contributed by atoms with E-state index in [-0.39, 0.29) is 26.1 Å². The molecule has 314 valence electrons. The highest BCUT2D eigenvalue weighted by Crippen LogP contribution is 2.26. The number of unbranched alkanes of at least 4 members (excludes halogenated alkanes) is 10. The van der Waals surface area contributed by atoms with Crippen LogP contribution >= 0.6 is 0 Å². The molecule has 0 amide bonds. The van der Waals surface area contributed by atoms with E-state index < -0.39 is 92.7 Å². The lowest BCUT2D eigenvalue weighted by Crippen LogP contribution is -2.61. The Labute approximate surface area is 320 Å². The molecule has 2 aliphatic rings. The van der Waals surface area contributed by atoms with Crippen LogP contribution in [0.2, 0.25) is 0 Å². The largest absolute Gasteiger partial charge is 0.462 e. The summed E-state index contributed by atoms with van der Waals surface area (Å²) in [5, 5.41) is 71.3. The van der Waals surface area contributed by atoms with Gasteiger partial charge in [0.05, 0.1) is 19.8 Å². The lowest BCUT2D eigenvalue weighted by atomic mass is 9.98. The van der Waals surface area contributed by atoms with Crippen molar-refractivity contribution in [2.24, 2.45) is 0 Å². The Hall–Kier alpha value is -2.02. The monoisotopic (exact) mass is 776 g/mol. The van der Waals surface area contributed by atoms with Gasteiger partial charge in [-0.25, -0.2) is 0 Å². The predicted molar refractivity (Wildman–Crippen MR) is 197 cm³/mol. The molecule has 0 spiro atoms. The second-order valence-electron chi connectivity index (χ2n) is 14.1. The molecule has 2 saturated heterocycles. The van der Waals surface area contributed by atoms with Crippen LogP contribution in [0, 0.1) is 0 Å². The van der Waals surface area contributed by atoms with Crippen molar-refractivity contribution in [3.8, 4) is 0 Å². The molecule has 0 radical (unpaired) electrons. The molecule has 15 heteroatoms. The quantitative estimate of drug-likeness (QED) is 0.0344. The third kappa shape index (κ3) is 18.3. The molecule has 2 heterocycles. The molecular formula is C39H68O15. The molecule has 54 heavy (non-hydrogen) atoms. The molecule has 0 aliphatic carbocycles. The molecule has 2 fully saturated rings. The number of carbonyl (C=O) groups is 2. The van der Waals surface area contributed by atoms with E-state index in [1.807, 2.05) is 6.92 Å². The third-order valence-electron chi connectivity index (χ3n) is 9.43. The molecule has 2 aliphatic heterocycles. The minimum Gasteiger partial charge on any atom is -0.462 e. The van der Waals surface area contributed by atoms with Gasteiger partial charge in [0.2, 0.25) is 0 Å². The number of carbonyl (C=O) groups excluding carboxylic acids is 2. The summed E-state index contributed by atoms with van der Waals surface area (Å²) >= 11 is 0. The maximum absolute atomic E-state index is 12.7. The summed E-state index contributed by atoms with van der Waals surface area (Å²) in [6.45, 7) is 2.24.